The lowest BCUT2D eigenvalue weighted by Crippen LogP contribution is -2.62. The van der Waals surface area contributed by atoms with Gasteiger partial charge in [-0.3, -0.25) is 4.79 Å². The third-order valence-corrected chi connectivity index (χ3v) is 2.75. The standard InChI is InChI=1S/C10H6BrF5O3/c11-6-3-1-5(2-4-6)7(17)8(12,13)9(18,19)10(14,15)16/h1-4,18-19H. The Kier molecular flexibility index (Phi) is 4.04. The van der Waals surface area contributed by atoms with E-state index in [2.05, 4.69) is 15.9 Å². The minimum Gasteiger partial charge on any atom is -0.354 e. The summed E-state index contributed by atoms with van der Waals surface area (Å²) in [5.41, 5.74) is -0.787. The molecule has 0 saturated carbocycles. The molecule has 1 aromatic carbocycles. The summed E-state index contributed by atoms with van der Waals surface area (Å²) in [6.45, 7) is 0. The number of hydrogen-bond donors (Lipinski definition) is 2. The van der Waals surface area contributed by atoms with Crippen LogP contribution in [0.3, 0.4) is 0 Å². The van der Waals surface area contributed by atoms with Crippen LogP contribution in [-0.2, 0) is 0 Å². The molecule has 9 heteroatoms. The molecule has 2 N–H and O–H groups in total. The molecule has 0 aliphatic heterocycles. The van der Waals surface area contributed by atoms with Crippen molar-refractivity contribution in [3.8, 4) is 0 Å². The maximum absolute atomic E-state index is 13.3. The van der Waals surface area contributed by atoms with Crippen LogP contribution in [0.15, 0.2) is 28.7 Å². The fourth-order valence-electron chi connectivity index (χ4n) is 1.12. The topological polar surface area (TPSA) is 57.5 Å². The van der Waals surface area contributed by atoms with Gasteiger partial charge in [0.25, 0.3) is 0 Å². The zero-order chi connectivity index (χ0) is 15.1. The van der Waals surface area contributed by atoms with Gasteiger partial charge in [-0.2, -0.15) is 22.0 Å². The molecular formula is C10H6BrF5O3. The van der Waals surface area contributed by atoms with Gasteiger partial charge in [-0.1, -0.05) is 28.1 Å². The van der Waals surface area contributed by atoms with E-state index in [9.17, 15) is 26.7 Å². The Bertz CT molecular complexity index is 481. The van der Waals surface area contributed by atoms with E-state index in [1.807, 2.05) is 0 Å². The Morgan fingerprint density at radius 1 is 1.00 bits per heavy atom. The van der Waals surface area contributed by atoms with Crippen LogP contribution in [0.25, 0.3) is 0 Å². The van der Waals surface area contributed by atoms with Crippen molar-refractivity contribution in [2.75, 3.05) is 0 Å². The van der Waals surface area contributed by atoms with E-state index in [0.29, 0.717) is 4.47 Å². The summed E-state index contributed by atoms with van der Waals surface area (Å²) < 4.78 is 63.4. The van der Waals surface area contributed by atoms with Crippen molar-refractivity contribution in [2.45, 2.75) is 17.9 Å². The SMILES string of the molecule is O=C(c1ccc(Br)cc1)C(F)(F)C(O)(O)C(F)(F)F. The number of aliphatic hydroxyl groups is 2. The highest BCUT2D eigenvalue weighted by Gasteiger charge is 2.72. The summed E-state index contributed by atoms with van der Waals surface area (Å²) in [4.78, 5) is 11.3. The van der Waals surface area contributed by atoms with Gasteiger partial charge in [-0.05, 0) is 12.1 Å². The Morgan fingerprint density at radius 2 is 1.42 bits per heavy atom. The Labute approximate surface area is 111 Å². The van der Waals surface area contributed by atoms with Crippen LogP contribution >= 0.6 is 15.9 Å². The van der Waals surface area contributed by atoms with Crippen LogP contribution in [0.1, 0.15) is 10.4 Å². The van der Waals surface area contributed by atoms with E-state index in [-0.39, 0.29) is 0 Å². The molecule has 0 heterocycles. The van der Waals surface area contributed by atoms with E-state index in [1.54, 1.807) is 0 Å². The average Bonchev–Trinajstić information content (AvgIpc) is 2.27. The number of Topliss-reactive ketones (excluding diaryl/α,β-unsaturated/α-hetero) is 1. The largest absolute Gasteiger partial charge is 0.450 e. The summed E-state index contributed by atoms with van der Waals surface area (Å²) in [6, 6.07) is 3.94. The van der Waals surface area contributed by atoms with E-state index < -0.39 is 29.2 Å². The van der Waals surface area contributed by atoms with Gasteiger partial charge in [0.05, 0.1) is 0 Å². The average molecular weight is 349 g/mol. The van der Waals surface area contributed by atoms with Crippen LogP contribution in [0.4, 0.5) is 22.0 Å². The second kappa shape index (κ2) is 4.80. The van der Waals surface area contributed by atoms with E-state index in [0.717, 1.165) is 24.3 Å². The smallest absolute Gasteiger partial charge is 0.354 e. The second-order valence-electron chi connectivity index (χ2n) is 3.58. The normalized spacial score (nSPS) is 13.5. The number of hydrogen-bond acceptors (Lipinski definition) is 3. The third kappa shape index (κ3) is 2.77. The van der Waals surface area contributed by atoms with Crippen molar-refractivity contribution in [2.24, 2.45) is 0 Å². The lowest BCUT2D eigenvalue weighted by atomic mass is 9.98. The van der Waals surface area contributed by atoms with E-state index >= 15 is 0 Å². The number of rotatable bonds is 3. The molecule has 0 radical (unpaired) electrons. The number of carbonyl (C=O) groups excluding carboxylic acids is 1. The third-order valence-electron chi connectivity index (χ3n) is 2.22. The van der Waals surface area contributed by atoms with Gasteiger partial charge in [0, 0.05) is 10.0 Å². The minimum absolute atomic E-state index is 0.405. The summed E-state index contributed by atoms with van der Waals surface area (Å²) in [5, 5.41) is 17.0. The molecule has 106 valence electrons. The first kappa shape index (κ1) is 16.0. The quantitative estimate of drug-likeness (QED) is 0.501. The Morgan fingerprint density at radius 3 is 1.79 bits per heavy atom. The van der Waals surface area contributed by atoms with Gasteiger partial charge in [-0.25, -0.2) is 0 Å². The monoisotopic (exact) mass is 348 g/mol. The number of alkyl halides is 5. The van der Waals surface area contributed by atoms with Gasteiger partial charge in [0.1, 0.15) is 0 Å². The first-order valence-electron chi connectivity index (χ1n) is 4.61. The van der Waals surface area contributed by atoms with Crippen molar-refractivity contribution in [1.82, 2.24) is 0 Å². The first-order chi connectivity index (χ1) is 8.41. The molecule has 0 spiro atoms. The summed E-state index contributed by atoms with van der Waals surface area (Å²) in [6.07, 6.45) is -6.08. The molecule has 1 rings (SSSR count). The molecule has 0 aliphatic carbocycles. The summed E-state index contributed by atoms with van der Waals surface area (Å²) in [7, 11) is 0. The summed E-state index contributed by atoms with van der Waals surface area (Å²) >= 11 is 2.94. The molecule has 0 unspecified atom stereocenters. The molecule has 0 fully saturated rings. The predicted octanol–water partition coefficient (Wildman–Crippen LogP) is 2.51. The lowest BCUT2D eigenvalue weighted by Gasteiger charge is -2.31. The van der Waals surface area contributed by atoms with Crippen molar-refractivity contribution in [3.05, 3.63) is 34.3 Å². The van der Waals surface area contributed by atoms with Crippen molar-refractivity contribution in [3.63, 3.8) is 0 Å². The molecule has 19 heavy (non-hydrogen) atoms. The molecule has 3 nitrogen and oxygen atoms in total. The molecule has 0 aromatic heterocycles. The van der Waals surface area contributed by atoms with Gasteiger partial charge >= 0.3 is 17.9 Å². The van der Waals surface area contributed by atoms with Gasteiger partial charge in [0.15, 0.2) is 0 Å². The molecule has 0 bridgehead atoms. The van der Waals surface area contributed by atoms with Crippen molar-refractivity contribution >= 4 is 21.7 Å². The minimum atomic E-state index is -6.08. The van der Waals surface area contributed by atoms with Gasteiger partial charge in [-0.15, -0.1) is 0 Å². The summed E-state index contributed by atoms with van der Waals surface area (Å²) in [5.74, 6) is -13.2. The number of benzene rings is 1. The first-order valence-corrected chi connectivity index (χ1v) is 5.40. The number of ketones is 1. The maximum atomic E-state index is 13.3. The molecule has 0 saturated heterocycles. The van der Waals surface area contributed by atoms with Crippen LogP contribution in [0, 0.1) is 0 Å². The van der Waals surface area contributed by atoms with Crippen molar-refractivity contribution in [1.29, 1.82) is 0 Å². The Balaban J connectivity index is 3.20. The van der Waals surface area contributed by atoms with Crippen LogP contribution < -0.4 is 0 Å². The maximum Gasteiger partial charge on any atom is 0.450 e. The molecule has 0 aliphatic rings. The molecule has 0 amide bonds. The molecule has 0 atom stereocenters. The highest BCUT2D eigenvalue weighted by molar-refractivity contribution is 9.10. The highest BCUT2D eigenvalue weighted by atomic mass is 79.9. The number of halogens is 6. The predicted molar refractivity (Wildman–Crippen MR) is 56.6 cm³/mol. The number of carbonyl (C=O) groups is 1. The highest BCUT2D eigenvalue weighted by Crippen LogP contribution is 2.41. The van der Waals surface area contributed by atoms with Crippen LogP contribution in [0.5, 0.6) is 0 Å². The van der Waals surface area contributed by atoms with E-state index in [1.165, 1.54) is 0 Å². The fourth-order valence-corrected chi connectivity index (χ4v) is 1.38. The molecular weight excluding hydrogens is 343 g/mol. The Hall–Kier alpha value is -1.06. The van der Waals surface area contributed by atoms with E-state index in [4.69, 9.17) is 10.2 Å². The van der Waals surface area contributed by atoms with Gasteiger partial charge < -0.3 is 10.2 Å². The van der Waals surface area contributed by atoms with Crippen LogP contribution in [-0.4, -0.2) is 33.9 Å². The molecule has 1 aromatic rings. The van der Waals surface area contributed by atoms with Crippen LogP contribution in [0.2, 0.25) is 0 Å². The second-order valence-corrected chi connectivity index (χ2v) is 4.50. The fraction of sp³-hybridized carbons (Fsp3) is 0.300. The zero-order valence-electron chi connectivity index (χ0n) is 8.88. The zero-order valence-corrected chi connectivity index (χ0v) is 10.5. The lowest BCUT2D eigenvalue weighted by molar-refractivity contribution is -0.402. The van der Waals surface area contributed by atoms with Crippen molar-refractivity contribution < 1.29 is 37.0 Å². The van der Waals surface area contributed by atoms with Gasteiger partial charge in [0.2, 0.25) is 5.78 Å².